The lowest BCUT2D eigenvalue weighted by Crippen LogP contribution is -2.30. The van der Waals surface area contributed by atoms with E-state index in [2.05, 4.69) is 81.5 Å². The van der Waals surface area contributed by atoms with Crippen molar-refractivity contribution in [1.82, 2.24) is 0 Å². The molecule has 0 amide bonds. The normalized spacial score (nSPS) is 12.5. The van der Waals surface area contributed by atoms with Crippen LogP contribution in [0.25, 0.3) is 0 Å². The van der Waals surface area contributed by atoms with Gasteiger partial charge in [-0.1, -0.05) is 204 Å². The molecule has 370 valence electrons. The van der Waals surface area contributed by atoms with E-state index in [1.165, 1.54) is 135 Å². The van der Waals surface area contributed by atoms with Crippen LogP contribution in [-0.4, -0.2) is 37.2 Å². The first kappa shape index (κ1) is 61.1. The molecule has 0 aromatic carbocycles. The lowest BCUT2D eigenvalue weighted by atomic mass is 10.1. The molecule has 0 aliphatic carbocycles. The van der Waals surface area contributed by atoms with Gasteiger partial charge in [-0.3, -0.25) is 14.4 Å². The van der Waals surface area contributed by atoms with Crippen molar-refractivity contribution in [3.63, 3.8) is 0 Å². The average molecular weight is 895 g/mol. The molecular weight excluding hydrogens is 793 g/mol. The van der Waals surface area contributed by atoms with E-state index in [1.54, 1.807) is 0 Å². The van der Waals surface area contributed by atoms with Gasteiger partial charge in [0.05, 0.1) is 0 Å². The summed E-state index contributed by atoms with van der Waals surface area (Å²) in [4.78, 5) is 38.0. The zero-order chi connectivity index (χ0) is 46.5. The van der Waals surface area contributed by atoms with Crippen LogP contribution in [-0.2, 0) is 28.6 Å². The van der Waals surface area contributed by atoms with E-state index >= 15 is 0 Å². The van der Waals surface area contributed by atoms with Crippen molar-refractivity contribution in [3.05, 3.63) is 60.8 Å². The highest BCUT2D eigenvalue weighted by Gasteiger charge is 2.19. The Hall–Kier alpha value is -2.89. The van der Waals surface area contributed by atoms with E-state index in [9.17, 15) is 14.4 Å². The summed E-state index contributed by atoms with van der Waals surface area (Å²) < 4.78 is 16.8. The number of ether oxygens (including phenoxy) is 3. The second-order valence-corrected chi connectivity index (χ2v) is 18.1. The zero-order valence-corrected chi connectivity index (χ0v) is 42.3. The second-order valence-electron chi connectivity index (χ2n) is 18.1. The summed E-state index contributed by atoms with van der Waals surface area (Å²) in [7, 11) is 0. The van der Waals surface area contributed by atoms with E-state index in [4.69, 9.17) is 14.2 Å². The maximum absolute atomic E-state index is 12.8. The van der Waals surface area contributed by atoms with E-state index < -0.39 is 6.10 Å². The summed E-state index contributed by atoms with van der Waals surface area (Å²) in [6, 6.07) is 0. The van der Waals surface area contributed by atoms with E-state index in [0.29, 0.717) is 19.3 Å². The molecule has 64 heavy (non-hydrogen) atoms. The first-order valence-electron chi connectivity index (χ1n) is 27.3. The Kier molecular flexibility index (Phi) is 50.4. The molecule has 0 rings (SSSR count). The van der Waals surface area contributed by atoms with Crippen LogP contribution < -0.4 is 0 Å². The Morgan fingerprint density at radius 2 is 0.562 bits per heavy atom. The predicted molar refractivity (Wildman–Crippen MR) is 275 cm³/mol. The number of esters is 3. The van der Waals surface area contributed by atoms with Crippen LogP contribution in [0.1, 0.15) is 271 Å². The number of allylic oxidation sites excluding steroid dienone is 10. The largest absolute Gasteiger partial charge is 0.462 e. The molecule has 0 saturated carbocycles. The maximum Gasteiger partial charge on any atom is 0.306 e. The number of unbranched alkanes of at least 4 members (excludes halogenated alkanes) is 28. The van der Waals surface area contributed by atoms with E-state index in [0.717, 1.165) is 96.3 Å². The molecule has 0 fully saturated rings. The average Bonchev–Trinajstić information content (AvgIpc) is 3.29. The van der Waals surface area contributed by atoms with Crippen molar-refractivity contribution in [1.29, 1.82) is 0 Å². The first-order chi connectivity index (χ1) is 31.5. The van der Waals surface area contributed by atoms with Gasteiger partial charge in [-0.25, -0.2) is 0 Å². The van der Waals surface area contributed by atoms with Crippen molar-refractivity contribution in [2.24, 2.45) is 0 Å². The van der Waals surface area contributed by atoms with Crippen molar-refractivity contribution in [3.8, 4) is 0 Å². The molecule has 0 aromatic heterocycles. The highest BCUT2D eigenvalue weighted by Crippen LogP contribution is 2.14. The van der Waals surface area contributed by atoms with Crippen LogP contribution in [0.3, 0.4) is 0 Å². The van der Waals surface area contributed by atoms with Crippen molar-refractivity contribution in [2.75, 3.05) is 13.2 Å². The fourth-order valence-corrected chi connectivity index (χ4v) is 7.56. The topological polar surface area (TPSA) is 78.9 Å². The Morgan fingerprint density at radius 1 is 0.312 bits per heavy atom. The van der Waals surface area contributed by atoms with Gasteiger partial charge in [0.15, 0.2) is 6.10 Å². The number of hydrogen-bond acceptors (Lipinski definition) is 6. The highest BCUT2D eigenvalue weighted by atomic mass is 16.6. The molecule has 0 bridgehead atoms. The van der Waals surface area contributed by atoms with Gasteiger partial charge in [-0.05, 0) is 109 Å². The molecule has 0 heterocycles. The Morgan fingerprint density at radius 3 is 0.938 bits per heavy atom. The predicted octanol–water partition coefficient (Wildman–Crippen LogP) is 18.0. The number of rotatable bonds is 49. The monoisotopic (exact) mass is 895 g/mol. The van der Waals surface area contributed by atoms with Crippen LogP contribution in [0.2, 0.25) is 0 Å². The summed E-state index contributed by atoms with van der Waals surface area (Å²) in [6.45, 7) is 6.57. The smallest absolute Gasteiger partial charge is 0.306 e. The van der Waals surface area contributed by atoms with Crippen LogP contribution in [0, 0.1) is 0 Å². The minimum Gasteiger partial charge on any atom is -0.462 e. The Bertz CT molecular complexity index is 1170. The van der Waals surface area contributed by atoms with E-state index in [1.807, 2.05) is 0 Å². The molecule has 0 aliphatic heterocycles. The summed E-state index contributed by atoms with van der Waals surface area (Å²) in [6.07, 6.45) is 64.8. The third kappa shape index (κ3) is 50.1. The van der Waals surface area contributed by atoms with Crippen LogP contribution in [0.15, 0.2) is 60.8 Å². The molecule has 1 atom stereocenters. The number of hydrogen-bond donors (Lipinski definition) is 0. The summed E-state index contributed by atoms with van der Waals surface area (Å²) >= 11 is 0. The summed E-state index contributed by atoms with van der Waals surface area (Å²) in [5.74, 6) is -0.909. The van der Waals surface area contributed by atoms with Crippen molar-refractivity contribution >= 4 is 17.9 Å². The lowest BCUT2D eigenvalue weighted by molar-refractivity contribution is -0.167. The SMILES string of the molecule is CCCCC/C=C\C/C=C\C/C=C\CCCCCCCCC(=O)OC[C@@H](COC(=O)CCCCCCC/C=C\CCCCCC)OC(=O)CCCCCCC/C=C\CCCCCCC. The highest BCUT2D eigenvalue weighted by molar-refractivity contribution is 5.71. The van der Waals surface area contributed by atoms with Gasteiger partial charge in [0.2, 0.25) is 0 Å². The van der Waals surface area contributed by atoms with Crippen LogP contribution in [0.4, 0.5) is 0 Å². The summed E-state index contributed by atoms with van der Waals surface area (Å²) in [5, 5.41) is 0. The molecule has 0 saturated heterocycles. The molecule has 0 aliphatic rings. The fraction of sp³-hybridized carbons (Fsp3) is 0.776. The Balaban J connectivity index is 4.40. The third-order valence-electron chi connectivity index (χ3n) is 11.7. The lowest BCUT2D eigenvalue weighted by Gasteiger charge is -2.18. The maximum atomic E-state index is 12.8. The molecule has 6 nitrogen and oxygen atoms in total. The molecule has 0 aromatic rings. The second kappa shape index (κ2) is 52.7. The third-order valence-corrected chi connectivity index (χ3v) is 11.7. The first-order valence-corrected chi connectivity index (χ1v) is 27.3. The number of carbonyl (C=O) groups excluding carboxylic acids is 3. The van der Waals surface area contributed by atoms with Crippen molar-refractivity contribution in [2.45, 2.75) is 277 Å². The molecule has 0 radical (unpaired) electrons. The van der Waals surface area contributed by atoms with E-state index in [-0.39, 0.29) is 31.1 Å². The standard InChI is InChI=1S/C58H102O6/c1-4-7-10-13-16-19-22-25-27-28-29-30-31-34-36-39-42-45-48-51-57(60)63-54-55(53-62-56(59)50-47-44-41-38-35-32-24-21-18-15-12-9-6-3)64-58(61)52-49-46-43-40-37-33-26-23-20-17-14-11-8-5-2/h16,19,21,23-27,29-30,55H,4-15,17-18,20,22,28,31-54H2,1-3H3/b19-16-,24-21-,26-23-,27-25-,30-29-/t55-/m1/s1. The van der Waals surface area contributed by atoms with Crippen molar-refractivity contribution < 1.29 is 28.6 Å². The van der Waals surface area contributed by atoms with Gasteiger partial charge < -0.3 is 14.2 Å². The minimum atomic E-state index is -0.786. The van der Waals surface area contributed by atoms with Gasteiger partial charge in [0.25, 0.3) is 0 Å². The molecule has 0 unspecified atom stereocenters. The fourth-order valence-electron chi connectivity index (χ4n) is 7.56. The molecule has 6 heteroatoms. The van der Waals surface area contributed by atoms with Gasteiger partial charge in [-0.2, -0.15) is 0 Å². The van der Waals surface area contributed by atoms with Gasteiger partial charge in [-0.15, -0.1) is 0 Å². The van der Waals surface area contributed by atoms with Gasteiger partial charge in [0, 0.05) is 19.3 Å². The molecule has 0 N–H and O–H groups in total. The van der Waals surface area contributed by atoms with Crippen LogP contribution in [0.5, 0.6) is 0 Å². The molecular formula is C58H102O6. The minimum absolute atomic E-state index is 0.0857. The van der Waals surface area contributed by atoms with Gasteiger partial charge >= 0.3 is 17.9 Å². The van der Waals surface area contributed by atoms with Gasteiger partial charge in [0.1, 0.15) is 13.2 Å². The van der Waals surface area contributed by atoms with Crippen LogP contribution >= 0.6 is 0 Å². The Labute approximate surface area is 396 Å². The quantitative estimate of drug-likeness (QED) is 0.0262. The number of carbonyl (C=O) groups is 3. The molecule has 0 spiro atoms. The zero-order valence-electron chi connectivity index (χ0n) is 42.3. The summed E-state index contributed by atoms with van der Waals surface area (Å²) in [5.41, 5.74) is 0.